The Morgan fingerprint density at radius 2 is 2.07 bits per heavy atom. The zero-order chi connectivity index (χ0) is 10.2. The normalized spacial score (nSPS) is 18.2. The number of halogens is 1. The molecule has 0 atom stereocenters. The van der Waals surface area contributed by atoms with Crippen molar-refractivity contribution in [1.82, 2.24) is 0 Å². The fourth-order valence-corrected chi connectivity index (χ4v) is 5.91. The third kappa shape index (κ3) is 1.42. The Morgan fingerprint density at radius 3 is 2.71 bits per heavy atom. The van der Waals surface area contributed by atoms with Crippen molar-refractivity contribution < 1.29 is 4.43 Å². The molecular weight excluding hydrogens is 212 g/mol. The molecule has 0 saturated heterocycles. The van der Waals surface area contributed by atoms with Crippen molar-refractivity contribution in [3.8, 4) is 0 Å². The first-order valence-electron chi connectivity index (χ1n) is 5.14. The summed E-state index contributed by atoms with van der Waals surface area (Å²) in [5, 5.41) is 2.27. The molecule has 0 aliphatic carbocycles. The first-order valence-corrected chi connectivity index (χ1v) is 7.85. The van der Waals surface area contributed by atoms with Gasteiger partial charge in [-0.2, -0.15) is 0 Å². The van der Waals surface area contributed by atoms with Crippen LogP contribution in [-0.2, 0) is 11.0 Å². The maximum Gasteiger partial charge on any atom is 0.224 e. The molecule has 0 amide bonds. The van der Waals surface area contributed by atoms with Gasteiger partial charge in [-0.25, -0.2) is 0 Å². The van der Waals surface area contributed by atoms with Crippen molar-refractivity contribution in [3.05, 3.63) is 28.8 Å². The summed E-state index contributed by atoms with van der Waals surface area (Å²) >= 11 is 6.03. The van der Waals surface area contributed by atoms with E-state index >= 15 is 0 Å². The van der Waals surface area contributed by atoms with Crippen molar-refractivity contribution in [2.45, 2.75) is 32.5 Å². The molecule has 3 heteroatoms. The summed E-state index contributed by atoms with van der Waals surface area (Å²) in [6.07, 6.45) is 0. The highest BCUT2D eigenvalue weighted by Gasteiger charge is 2.40. The van der Waals surface area contributed by atoms with Gasteiger partial charge in [-0.05, 0) is 35.0 Å². The van der Waals surface area contributed by atoms with Crippen LogP contribution in [0.15, 0.2) is 18.2 Å². The lowest BCUT2D eigenvalue weighted by molar-refractivity contribution is 0.312. The maximum absolute atomic E-state index is 6.04. The molecule has 1 nitrogen and oxygen atoms in total. The Labute approximate surface area is 91.2 Å². The smallest absolute Gasteiger partial charge is 0.224 e. The Morgan fingerprint density at radius 1 is 1.36 bits per heavy atom. The average molecular weight is 227 g/mol. The summed E-state index contributed by atoms with van der Waals surface area (Å²) in [5.74, 6) is 0. The van der Waals surface area contributed by atoms with E-state index in [1.54, 1.807) is 0 Å². The molecule has 0 bridgehead atoms. The van der Waals surface area contributed by atoms with Crippen LogP contribution in [0.3, 0.4) is 0 Å². The minimum atomic E-state index is -1.62. The predicted molar refractivity (Wildman–Crippen MR) is 62.6 cm³/mol. The van der Waals surface area contributed by atoms with Gasteiger partial charge >= 0.3 is 0 Å². The summed E-state index contributed by atoms with van der Waals surface area (Å²) in [4.78, 5) is 0. The molecule has 0 N–H and O–H groups in total. The lowest BCUT2D eigenvalue weighted by atomic mass is 10.2. The molecule has 0 fully saturated rings. The van der Waals surface area contributed by atoms with Crippen molar-refractivity contribution in [2.24, 2.45) is 0 Å². The van der Waals surface area contributed by atoms with Crippen LogP contribution < -0.4 is 5.19 Å². The van der Waals surface area contributed by atoms with E-state index in [4.69, 9.17) is 16.0 Å². The predicted octanol–water partition coefficient (Wildman–Crippen LogP) is 3.06. The molecule has 1 aromatic rings. The zero-order valence-electron chi connectivity index (χ0n) is 8.64. The molecule has 0 aromatic heterocycles. The topological polar surface area (TPSA) is 9.23 Å². The second-order valence-electron chi connectivity index (χ2n) is 3.79. The molecule has 0 saturated carbocycles. The van der Waals surface area contributed by atoms with Crippen molar-refractivity contribution in [3.63, 3.8) is 0 Å². The first-order chi connectivity index (χ1) is 6.72. The van der Waals surface area contributed by atoms with Crippen LogP contribution in [0.2, 0.25) is 17.1 Å². The molecule has 1 heterocycles. The number of benzene rings is 1. The third-order valence-corrected chi connectivity index (χ3v) is 7.87. The van der Waals surface area contributed by atoms with E-state index in [9.17, 15) is 0 Å². The lowest BCUT2D eigenvalue weighted by Gasteiger charge is -2.23. The molecule has 0 radical (unpaired) electrons. The highest BCUT2D eigenvalue weighted by molar-refractivity contribution is 6.87. The van der Waals surface area contributed by atoms with E-state index < -0.39 is 8.32 Å². The van der Waals surface area contributed by atoms with Gasteiger partial charge in [-0.15, -0.1) is 0 Å². The Balaban J connectivity index is 2.51. The van der Waals surface area contributed by atoms with E-state index in [1.165, 1.54) is 10.8 Å². The van der Waals surface area contributed by atoms with Gasteiger partial charge in [0.15, 0.2) is 0 Å². The van der Waals surface area contributed by atoms with E-state index in [0.717, 1.165) is 23.7 Å². The standard InChI is InChI=1S/C11H15ClOSi/c1-3-14(4-2)11-7-10(12)6-5-9(11)8-13-14/h5-7H,3-4,8H2,1-2H3. The molecule has 1 aliphatic rings. The first kappa shape index (κ1) is 10.2. The number of hydrogen-bond acceptors (Lipinski definition) is 1. The SMILES string of the molecule is CC[Si]1(CC)OCc2ccc(Cl)cc21. The second-order valence-corrected chi connectivity index (χ2v) is 8.46. The van der Waals surface area contributed by atoms with Crippen LogP contribution in [0, 0.1) is 0 Å². The molecule has 0 unspecified atom stereocenters. The van der Waals surface area contributed by atoms with E-state index in [-0.39, 0.29) is 0 Å². The quantitative estimate of drug-likeness (QED) is 0.705. The number of rotatable bonds is 2. The Bertz CT molecular complexity index is 347. The van der Waals surface area contributed by atoms with Crippen LogP contribution in [0.25, 0.3) is 0 Å². The van der Waals surface area contributed by atoms with Gasteiger partial charge in [-0.3, -0.25) is 0 Å². The maximum atomic E-state index is 6.04. The van der Waals surface area contributed by atoms with Gasteiger partial charge in [0.1, 0.15) is 0 Å². The van der Waals surface area contributed by atoms with Crippen LogP contribution in [0.4, 0.5) is 0 Å². The summed E-state index contributed by atoms with van der Waals surface area (Å²) < 4.78 is 6.04. The van der Waals surface area contributed by atoms with E-state index in [0.29, 0.717) is 0 Å². The third-order valence-electron chi connectivity index (χ3n) is 3.21. The fourth-order valence-electron chi connectivity index (χ4n) is 2.23. The zero-order valence-corrected chi connectivity index (χ0v) is 10.4. The summed E-state index contributed by atoms with van der Waals surface area (Å²) in [7, 11) is -1.62. The van der Waals surface area contributed by atoms with Crippen molar-refractivity contribution >= 4 is 25.1 Å². The van der Waals surface area contributed by atoms with Gasteiger partial charge in [0.25, 0.3) is 0 Å². The largest absolute Gasteiger partial charge is 0.408 e. The van der Waals surface area contributed by atoms with Crippen LogP contribution >= 0.6 is 11.6 Å². The van der Waals surface area contributed by atoms with E-state index in [1.807, 2.05) is 6.07 Å². The van der Waals surface area contributed by atoms with Gasteiger partial charge in [0, 0.05) is 5.02 Å². The molecular formula is C11H15ClOSi. The highest BCUT2D eigenvalue weighted by atomic mass is 35.5. The summed E-state index contributed by atoms with van der Waals surface area (Å²) in [6, 6.07) is 8.48. The highest BCUT2D eigenvalue weighted by Crippen LogP contribution is 2.27. The number of fused-ring (bicyclic) bond motifs is 1. The minimum Gasteiger partial charge on any atom is -0.408 e. The van der Waals surface area contributed by atoms with Crippen LogP contribution in [0.1, 0.15) is 19.4 Å². The number of hydrogen-bond donors (Lipinski definition) is 0. The van der Waals surface area contributed by atoms with Crippen molar-refractivity contribution in [2.75, 3.05) is 0 Å². The Kier molecular flexibility index (Phi) is 2.69. The van der Waals surface area contributed by atoms with Crippen LogP contribution in [0.5, 0.6) is 0 Å². The molecule has 76 valence electrons. The van der Waals surface area contributed by atoms with Gasteiger partial charge in [0.05, 0.1) is 6.61 Å². The van der Waals surface area contributed by atoms with Gasteiger partial charge in [-0.1, -0.05) is 31.5 Å². The molecule has 1 aromatic carbocycles. The second kappa shape index (κ2) is 3.68. The van der Waals surface area contributed by atoms with Crippen LogP contribution in [-0.4, -0.2) is 8.32 Å². The minimum absolute atomic E-state index is 0.792. The lowest BCUT2D eigenvalue weighted by Crippen LogP contribution is -2.45. The Hall–Kier alpha value is -0.313. The fraction of sp³-hybridized carbons (Fsp3) is 0.455. The van der Waals surface area contributed by atoms with Crippen molar-refractivity contribution in [1.29, 1.82) is 0 Å². The summed E-state index contributed by atoms with van der Waals surface area (Å²) in [5.41, 5.74) is 1.35. The average Bonchev–Trinajstić information content (AvgIpc) is 2.57. The monoisotopic (exact) mass is 226 g/mol. The van der Waals surface area contributed by atoms with E-state index in [2.05, 4.69) is 26.0 Å². The molecule has 1 aliphatic heterocycles. The molecule has 14 heavy (non-hydrogen) atoms. The molecule has 0 spiro atoms. The molecule has 2 rings (SSSR count). The van der Waals surface area contributed by atoms with Gasteiger partial charge in [0.2, 0.25) is 8.32 Å². The van der Waals surface area contributed by atoms with Gasteiger partial charge < -0.3 is 4.43 Å². The summed E-state index contributed by atoms with van der Waals surface area (Å²) in [6.45, 7) is 5.25.